The van der Waals surface area contributed by atoms with Gasteiger partial charge in [-0.3, -0.25) is 9.69 Å². The Bertz CT molecular complexity index is 277. The molecule has 0 bridgehead atoms. The fourth-order valence-electron chi connectivity index (χ4n) is 2.57. The van der Waals surface area contributed by atoms with E-state index < -0.39 is 0 Å². The SMILES string of the molecule is CC(C)OC(=O)CN1CCCC(CNC2CC2)C1. The second-order valence-electron chi connectivity index (χ2n) is 5.96. The van der Waals surface area contributed by atoms with Crippen molar-refractivity contribution in [2.75, 3.05) is 26.2 Å². The van der Waals surface area contributed by atoms with Crippen molar-refractivity contribution in [1.82, 2.24) is 10.2 Å². The van der Waals surface area contributed by atoms with Gasteiger partial charge in [-0.2, -0.15) is 0 Å². The molecule has 2 rings (SSSR count). The fourth-order valence-corrected chi connectivity index (χ4v) is 2.57. The highest BCUT2D eigenvalue weighted by Crippen LogP contribution is 2.21. The van der Waals surface area contributed by atoms with Crippen molar-refractivity contribution in [3.05, 3.63) is 0 Å². The van der Waals surface area contributed by atoms with E-state index in [-0.39, 0.29) is 12.1 Å². The Kier molecular flexibility index (Phi) is 5.01. The third-order valence-electron chi connectivity index (χ3n) is 3.60. The maximum absolute atomic E-state index is 11.6. The van der Waals surface area contributed by atoms with Crippen molar-refractivity contribution in [1.29, 1.82) is 0 Å². The Labute approximate surface area is 110 Å². The van der Waals surface area contributed by atoms with E-state index in [1.54, 1.807) is 0 Å². The van der Waals surface area contributed by atoms with Crippen LogP contribution in [0.15, 0.2) is 0 Å². The molecule has 1 aliphatic carbocycles. The summed E-state index contributed by atoms with van der Waals surface area (Å²) in [7, 11) is 0. The lowest BCUT2D eigenvalue weighted by atomic mass is 9.98. The molecule has 2 aliphatic rings. The van der Waals surface area contributed by atoms with Crippen molar-refractivity contribution < 1.29 is 9.53 Å². The standard InChI is InChI=1S/C14H26N2O2/c1-11(2)18-14(17)10-16-7-3-4-12(9-16)8-15-13-5-6-13/h11-13,15H,3-10H2,1-2H3. The molecule has 0 amide bonds. The minimum absolute atomic E-state index is 0.00498. The summed E-state index contributed by atoms with van der Waals surface area (Å²) in [6, 6.07) is 0.784. The summed E-state index contributed by atoms with van der Waals surface area (Å²) >= 11 is 0. The molecule has 1 heterocycles. The van der Waals surface area contributed by atoms with Crippen LogP contribution in [0.5, 0.6) is 0 Å². The van der Waals surface area contributed by atoms with Gasteiger partial charge in [0, 0.05) is 12.6 Å². The molecule has 104 valence electrons. The third kappa shape index (κ3) is 4.94. The molecule has 1 saturated heterocycles. The van der Waals surface area contributed by atoms with Crippen LogP contribution in [0.1, 0.15) is 39.5 Å². The maximum Gasteiger partial charge on any atom is 0.320 e. The van der Waals surface area contributed by atoms with Crippen LogP contribution in [0.3, 0.4) is 0 Å². The van der Waals surface area contributed by atoms with Crippen LogP contribution in [-0.4, -0.2) is 49.2 Å². The zero-order valence-electron chi connectivity index (χ0n) is 11.7. The second kappa shape index (κ2) is 6.53. The number of likely N-dealkylation sites (tertiary alicyclic amines) is 1. The highest BCUT2D eigenvalue weighted by atomic mass is 16.5. The average molecular weight is 254 g/mol. The van der Waals surface area contributed by atoms with Crippen LogP contribution in [0.4, 0.5) is 0 Å². The minimum atomic E-state index is -0.0826. The molecule has 0 aromatic rings. The van der Waals surface area contributed by atoms with Gasteiger partial charge < -0.3 is 10.1 Å². The van der Waals surface area contributed by atoms with E-state index in [0.29, 0.717) is 12.5 Å². The number of ether oxygens (including phenoxy) is 1. The lowest BCUT2D eigenvalue weighted by Crippen LogP contribution is -2.42. The van der Waals surface area contributed by atoms with E-state index in [1.165, 1.54) is 25.7 Å². The van der Waals surface area contributed by atoms with E-state index >= 15 is 0 Å². The van der Waals surface area contributed by atoms with Crippen molar-refractivity contribution in [3.8, 4) is 0 Å². The molecule has 0 aromatic heterocycles. The largest absolute Gasteiger partial charge is 0.462 e. The predicted octanol–water partition coefficient (Wildman–Crippen LogP) is 1.40. The first-order valence-electron chi connectivity index (χ1n) is 7.28. The molecule has 1 aliphatic heterocycles. The Morgan fingerprint density at radius 3 is 2.83 bits per heavy atom. The number of hydrogen-bond acceptors (Lipinski definition) is 4. The molecule has 1 unspecified atom stereocenters. The lowest BCUT2D eigenvalue weighted by Gasteiger charge is -2.32. The van der Waals surface area contributed by atoms with Gasteiger partial charge in [-0.15, -0.1) is 0 Å². The monoisotopic (exact) mass is 254 g/mol. The summed E-state index contributed by atoms with van der Waals surface area (Å²) in [5.41, 5.74) is 0. The number of carbonyl (C=O) groups is 1. The van der Waals surface area contributed by atoms with Gasteiger partial charge in [-0.1, -0.05) is 0 Å². The Morgan fingerprint density at radius 1 is 1.39 bits per heavy atom. The fraction of sp³-hybridized carbons (Fsp3) is 0.929. The first kappa shape index (κ1) is 13.8. The van der Waals surface area contributed by atoms with Gasteiger partial charge in [0.15, 0.2) is 0 Å². The van der Waals surface area contributed by atoms with E-state index in [4.69, 9.17) is 4.74 Å². The molecular weight excluding hydrogens is 228 g/mol. The third-order valence-corrected chi connectivity index (χ3v) is 3.60. The van der Waals surface area contributed by atoms with Gasteiger partial charge in [0.1, 0.15) is 0 Å². The summed E-state index contributed by atoms with van der Waals surface area (Å²) in [5.74, 6) is 0.618. The summed E-state index contributed by atoms with van der Waals surface area (Å²) in [6.45, 7) is 7.44. The van der Waals surface area contributed by atoms with Gasteiger partial charge in [0.25, 0.3) is 0 Å². The molecule has 0 radical (unpaired) electrons. The maximum atomic E-state index is 11.6. The number of carbonyl (C=O) groups excluding carboxylic acids is 1. The van der Waals surface area contributed by atoms with Gasteiger partial charge in [0.05, 0.1) is 12.6 Å². The highest BCUT2D eigenvalue weighted by molar-refractivity contribution is 5.71. The average Bonchev–Trinajstić information content (AvgIpc) is 3.09. The van der Waals surface area contributed by atoms with Gasteiger partial charge >= 0.3 is 5.97 Å². The molecule has 4 nitrogen and oxygen atoms in total. The number of esters is 1. The van der Waals surface area contributed by atoms with Crippen LogP contribution in [-0.2, 0) is 9.53 Å². The topological polar surface area (TPSA) is 41.6 Å². The number of piperidine rings is 1. The molecule has 1 atom stereocenters. The Hall–Kier alpha value is -0.610. The van der Waals surface area contributed by atoms with Crippen LogP contribution < -0.4 is 5.32 Å². The molecular formula is C14H26N2O2. The van der Waals surface area contributed by atoms with E-state index in [2.05, 4.69) is 10.2 Å². The molecule has 18 heavy (non-hydrogen) atoms. The van der Waals surface area contributed by atoms with Gasteiger partial charge in [-0.05, 0) is 58.5 Å². The molecule has 1 N–H and O–H groups in total. The minimum Gasteiger partial charge on any atom is -0.462 e. The van der Waals surface area contributed by atoms with Crippen molar-refractivity contribution in [2.24, 2.45) is 5.92 Å². The van der Waals surface area contributed by atoms with Crippen molar-refractivity contribution in [3.63, 3.8) is 0 Å². The van der Waals surface area contributed by atoms with Crippen molar-refractivity contribution >= 4 is 5.97 Å². The lowest BCUT2D eigenvalue weighted by molar-refractivity contribution is -0.149. The first-order chi connectivity index (χ1) is 8.63. The first-order valence-corrected chi connectivity index (χ1v) is 7.28. The van der Waals surface area contributed by atoms with Crippen LogP contribution in [0, 0.1) is 5.92 Å². The zero-order valence-corrected chi connectivity index (χ0v) is 11.7. The van der Waals surface area contributed by atoms with Crippen molar-refractivity contribution in [2.45, 2.75) is 51.7 Å². The number of nitrogens with zero attached hydrogens (tertiary/aromatic N) is 1. The normalized spacial score (nSPS) is 25.4. The summed E-state index contributed by atoms with van der Waals surface area (Å²) < 4.78 is 5.20. The quantitative estimate of drug-likeness (QED) is 0.728. The number of nitrogens with one attached hydrogen (secondary N) is 1. The van der Waals surface area contributed by atoms with E-state index in [1.807, 2.05) is 13.8 Å². The van der Waals surface area contributed by atoms with Gasteiger partial charge in [-0.25, -0.2) is 0 Å². The van der Waals surface area contributed by atoms with Crippen LogP contribution >= 0.6 is 0 Å². The zero-order chi connectivity index (χ0) is 13.0. The smallest absolute Gasteiger partial charge is 0.320 e. The Morgan fingerprint density at radius 2 is 2.17 bits per heavy atom. The predicted molar refractivity (Wildman–Crippen MR) is 71.4 cm³/mol. The second-order valence-corrected chi connectivity index (χ2v) is 5.96. The number of hydrogen-bond donors (Lipinski definition) is 1. The van der Waals surface area contributed by atoms with Gasteiger partial charge in [0.2, 0.25) is 0 Å². The molecule has 4 heteroatoms. The molecule has 0 spiro atoms. The van der Waals surface area contributed by atoms with Crippen LogP contribution in [0.2, 0.25) is 0 Å². The molecule has 2 fully saturated rings. The Balaban J connectivity index is 1.66. The highest BCUT2D eigenvalue weighted by Gasteiger charge is 2.25. The number of rotatable bonds is 6. The summed E-state index contributed by atoms with van der Waals surface area (Å²) in [4.78, 5) is 13.9. The van der Waals surface area contributed by atoms with Crippen LogP contribution in [0.25, 0.3) is 0 Å². The molecule has 0 aromatic carbocycles. The van der Waals surface area contributed by atoms with E-state index in [9.17, 15) is 4.79 Å². The molecule has 1 saturated carbocycles. The van der Waals surface area contributed by atoms with E-state index in [0.717, 1.165) is 25.7 Å². The summed E-state index contributed by atoms with van der Waals surface area (Å²) in [6.07, 6.45) is 5.17. The summed E-state index contributed by atoms with van der Waals surface area (Å²) in [5, 5.41) is 3.59.